The molecule has 1 aromatic rings. The highest BCUT2D eigenvalue weighted by atomic mass is 15.2. The highest BCUT2D eigenvalue weighted by molar-refractivity contribution is 5.77. The largest absolute Gasteiger partial charge is 0.376 e. The number of nitrogens with zero attached hydrogens (tertiary/aromatic N) is 1. The van der Waals surface area contributed by atoms with E-state index in [1.165, 1.54) is 48.2 Å². The lowest BCUT2D eigenvalue weighted by Crippen LogP contribution is -2.49. The van der Waals surface area contributed by atoms with Crippen molar-refractivity contribution in [3.8, 4) is 0 Å². The van der Waals surface area contributed by atoms with Gasteiger partial charge in [-0.1, -0.05) is 18.9 Å². The maximum Gasteiger partial charge on any atom is 0.0632 e. The van der Waals surface area contributed by atoms with Crippen LogP contribution in [-0.4, -0.2) is 19.1 Å². The summed E-state index contributed by atoms with van der Waals surface area (Å²) in [7, 11) is 2.24. The molecule has 1 aromatic carbocycles. The molecule has 0 radical (unpaired) electrons. The second-order valence-corrected chi connectivity index (χ2v) is 5.87. The van der Waals surface area contributed by atoms with Gasteiger partial charge in [0, 0.05) is 13.6 Å². The van der Waals surface area contributed by atoms with E-state index < -0.39 is 0 Å². The molecule has 1 heterocycles. The Kier molecular flexibility index (Phi) is 2.35. The van der Waals surface area contributed by atoms with Crippen molar-refractivity contribution in [2.45, 2.75) is 45.1 Å². The summed E-state index contributed by atoms with van der Waals surface area (Å²) in [5.74, 6) is 0. The van der Waals surface area contributed by atoms with E-state index in [0.717, 1.165) is 6.54 Å². The molecule has 0 bridgehead atoms. The standard InChI is InChI=1S/C15H22N2/c1-11-6-7-13-14(12(11)2)17(3)10-15(16-13)8-4-5-9-15/h6-7,16H,4-5,8-10H2,1-3H3. The summed E-state index contributed by atoms with van der Waals surface area (Å²) in [5.41, 5.74) is 5.90. The van der Waals surface area contributed by atoms with Crippen LogP contribution in [0.2, 0.25) is 0 Å². The van der Waals surface area contributed by atoms with Crippen LogP contribution in [0.15, 0.2) is 12.1 Å². The van der Waals surface area contributed by atoms with E-state index >= 15 is 0 Å². The van der Waals surface area contributed by atoms with Gasteiger partial charge in [0.15, 0.2) is 0 Å². The molecule has 1 aliphatic carbocycles. The Hall–Kier alpha value is -1.18. The van der Waals surface area contributed by atoms with Gasteiger partial charge >= 0.3 is 0 Å². The molecule has 2 nitrogen and oxygen atoms in total. The van der Waals surface area contributed by atoms with E-state index in [9.17, 15) is 0 Å². The summed E-state index contributed by atoms with van der Waals surface area (Å²) in [6.45, 7) is 5.59. The Labute approximate surface area is 104 Å². The molecule has 1 aliphatic heterocycles. The van der Waals surface area contributed by atoms with Crippen LogP contribution in [0.4, 0.5) is 11.4 Å². The van der Waals surface area contributed by atoms with Crippen LogP contribution in [-0.2, 0) is 0 Å². The average molecular weight is 230 g/mol. The van der Waals surface area contributed by atoms with Crippen molar-refractivity contribution in [1.29, 1.82) is 0 Å². The zero-order valence-electron chi connectivity index (χ0n) is 11.1. The number of hydrogen-bond donors (Lipinski definition) is 1. The van der Waals surface area contributed by atoms with Gasteiger partial charge in [-0.05, 0) is 43.9 Å². The Morgan fingerprint density at radius 1 is 1.18 bits per heavy atom. The number of nitrogens with one attached hydrogen (secondary N) is 1. The van der Waals surface area contributed by atoms with Crippen molar-refractivity contribution in [2.75, 3.05) is 23.8 Å². The fraction of sp³-hybridized carbons (Fsp3) is 0.600. The predicted molar refractivity (Wildman–Crippen MR) is 74.0 cm³/mol. The lowest BCUT2D eigenvalue weighted by atomic mass is 9.91. The van der Waals surface area contributed by atoms with Crippen LogP contribution >= 0.6 is 0 Å². The minimum atomic E-state index is 0.351. The van der Waals surface area contributed by atoms with E-state index in [1.54, 1.807) is 0 Å². The third-order valence-corrected chi connectivity index (χ3v) is 4.58. The maximum absolute atomic E-state index is 3.83. The second-order valence-electron chi connectivity index (χ2n) is 5.87. The van der Waals surface area contributed by atoms with Crippen LogP contribution < -0.4 is 10.2 Å². The number of hydrogen-bond acceptors (Lipinski definition) is 2. The van der Waals surface area contributed by atoms with E-state index in [4.69, 9.17) is 0 Å². The highest BCUT2D eigenvalue weighted by Crippen LogP contribution is 2.43. The maximum atomic E-state index is 3.83. The Morgan fingerprint density at radius 3 is 2.59 bits per heavy atom. The first-order valence-electron chi connectivity index (χ1n) is 6.71. The van der Waals surface area contributed by atoms with Crippen LogP contribution in [0.25, 0.3) is 0 Å². The molecule has 1 spiro atoms. The van der Waals surface area contributed by atoms with E-state index in [-0.39, 0.29) is 0 Å². The molecule has 0 atom stereocenters. The number of benzene rings is 1. The Morgan fingerprint density at radius 2 is 1.88 bits per heavy atom. The van der Waals surface area contributed by atoms with Crippen molar-refractivity contribution in [3.63, 3.8) is 0 Å². The Balaban J connectivity index is 2.05. The molecule has 0 aromatic heterocycles. The van der Waals surface area contributed by atoms with Crippen molar-refractivity contribution in [1.82, 2.24) is 0 Å². The lowest BCUT2D eigenvalue weighted by molar-refractivity contribution is 0.472. The quantitative estimate of drug-likeness (QED) is 0.734. The van der Waals surface area contributed by atoms with Crippen LogP contribution in [0.3, 0.4) is 0 Å². The van der Waals surface area contributed by atoms with Gasteiger partial charge in [-0.25, -0.2) is 0 Å². The zero-order valence-corrected chi connectivity index (χ0v) is 11.1. The first kappa shape index (κ1) is 10.9. The highest BCUT2D eigenvalue weighted by Gasteiger charge is 2.39. The minimum Gasteiger partial charge on any atom is -0.376 e. The van der Waals surface area contributed by atoms with Gasteiger partial charge in [0.05, 0.1) is 16.9 Å². The van der Waals surface area contributed by atoms with E-state index in [0.29, 0.717) is 5.54 Å². The molecule has 2 heteroatoms. The number of anilines is 2. The van der Waals surface area contributed by atoms with Gasteiger partial charge in [-0.3, -0.25) is 0 Å². The Bertz CT molecular complexity index is 444. The molecule has 1 N–H and O–H groups in total. The van der Waals surface area contributed by atoms with Crippen molar-refractivity contribution in [3.05, 3.63) is 23.3 Å². The molecule has 17 heavy (non-hydrogen) atoms. The molecule has 0 unspecified atom stereocenters. The van der Waals surface area contributed by atoms with Gasteiger partial charge in [0.2, 0.25) is 0 Å². The van der Waals surface area contributed by atoms with Gasteiger partial charge < -0.3 is 10.2 Å². The zero-order chi connectivity index (χ0) is 12.0. The molecule has 1 saturated carbocycles. The molecular weight excluding hydrogens is 208 g/mol. The molecule has 1 fully saturated rings. The third kappa shape index (κ3) is 1.62. The normalized spacial score (nSPS) is 21.5. The molecule has 0 amide bonds. The van der Waals surface area contributed by atoms with Crippen LogP contribution in [0.1, 0.15) is 36.8 Å². The second kappa shape index (κ2) is 3.66. The van der Waals surface area contributed by atoms with E-state index in [2.05, 4.69) is 43.2 Å². The van der Waals surface area contributed by atoms with Gasteiger partial charge in [-0.15, -0.1) is 0 Å². The first-order valence-corrected chi connectivity index (χ1v) is 6.71. The van der Waals surface area contributed by atoms with Gasteiger partial charge in [-0.2, -0.15) is 0 Å². The van der Waals surface area contributed by atoms with E-state index in [1.807, 2.05) is 0 Å². The molecule has 92 valence electrons. The minimum absolute atomic E-state index is 0.351. The lowest BCUT2D eigenvalue weighted by Gasteiger charge is -2.43. The number of aryl methyl sites for hydroxylation is 1. The van der Waals surface area contributed by atoms with Crippen molar-refractivity contribution < 1.29 is 0 Å². The van der Waals surface area contributed by atoms with Crippen molar-refractivity contribution >= 4 is 11.4 Å². The summed E-state index contributed by atoms with van der Waals surface area (Å²) < 4.78 is 0. The summed E-state index contributed by atoms with van der Waals surface area (Å²) in [4.78, 5) is 2.46. The number of likely N-dealkylation sites (N-methyl/N-ethyl adjacent to an activating group) is 1. The average Bonchev–Trinajstić information content (AvgIpc) is 2.71. The topological polar surface area (TPSA) is 15.3 Å². The first-order chi connectivity index (χ1) is 8.11. The molecule has 3 rings (SSSR count). The summed E-state index contributed by atoms with van der Waals surface area (Å²) in [6, 6.07) is 4.50. The van der Waals surface area contributed by atoms with Gasteiger partial charge in [0.1, 0.15) is 0 Å². The summed E-state index contributed by atoms with van der Waals surface area (Å²) in [5, 5.41) is 3.83. The van der Waals surface area contributed by atoms with Gasteiger partial charge in [0.25, 0.3) is 0 Å². The fourth-order valence-corrected chi connectivity index (χ4v) is 3.59. The third-order valence-electron chi connectivity index (χ3n) is 4.58. The summed E-state index contributed by atoms with van der Waals surface area (Å²) in [6.07, 6.45) is 5.40. The SMILES string of the molecule is Cc1ccc2c(c1C)N(C)CC1(CCCC1)N2. The smallest absolute Gasteiger partial charge is 0.0632 e. The predicted octanol–water partition coefficient (Wildman–Crippen LogP) is 3.48. The summed E-state index contributed by atoms with van der Waals surface area (Å²) >= 11 is 0. The fourth-order valence-electron chi connectivity index (χ4n) is 3.59. The van der Waals surface area contributed by atoms with Crippen molar-refractivity contribution in [2.24, 2.45) is 0 Å². The van der Waals surface area contributed by atoms with Crippen LogP contribution in [0.5, 0.6) is 0 Å². The number of rotatable bonds is 0. The number of fused-ring (bicyclic) bond motifs is 1. The molecule has 0 saturated heterocycles. The molecular formula is C15H22N2. The monoisotopic (exact) mass is 230 g/mol. The molecule has 2 aliphatic rings. The van der Waals surface area contributed by atoms with Crippen LogP contribution in [0, 0.1) is 13.8 Å².